The minimum atomic E-state index is -0.719. The molecule has 0 aliphatic carbocycles. The zero-order valence-corrected chi connectivity index (χ0v) is 11.7. The first kappa shape index (κ1) is 14.5. The summed E-state index contributed by atoms with van der Waals surface area (Å²) in [5.74, 6) is 0.104. The summed E-state index contributed by atoms with van der Waals surface area (Å²) in [7, 11) is 1.60. The topological polar surface area (TPSA) is 41.6 Å². The average molecular weight is 242 g/mol. The second-order valence-corrected chi connectivity index (χ2v) is 5.25. The van der Waals surface area contributed by atoms with E-state index in [0.717, 1.165) is 25.9 Å². The van der Waals surface area contributed by atoms with E-state index in [9.17, 15) is 4.79 Å². The van der Waals surface area contributed by atoms with Crippen molar-refractivity contribution in [3.05, 3.63) is 0 Å². The van der Waals surface area contributed by atoms with Crippen LogP contribution in [-0.4, -0.2) is 48.7 Å². The normalized spacial score (nSPS) is 26.1. The van der Waals surface area contributed by atoms with Gasteiger partial charge in [0.1, 0.15) is 5.60 Å². The first-order chi connectivity index (χ1) is 7.96. The van der Waals surface area contributed by atoms with Crippen molar-refractivity contribution in [1.29, 1.82) is 0 Å². The molecule has 0 bridgehead atoms. The number of ether oxygens (including phenoxy) is 1. The molecule has 2 atom stereocenters. The number of hydrogen-bond acceptors (Lipinski definition) is 3. The number of amides is 1. The van der Waals surface area contributed by atoms with E-state index in [4.69, 9.17) is 4.74 Å². The van der Waals surface area contributed by atoms with Crippen LogP contribution in [-0.2, 0) is 9.53 Å². The summed E-state index contributed by atoms with van der Waals surface area (Å²) in [5.41, 5.74) is -0.719. The van der Waals surface area contributed by atoms with Crippen LogP contribution in [0.3, 0.4) is 0 Å². The highest BCUT2D eigenvalue weighted by Crippen LogP contribution is 2.19. The van der Waals surface area contributed by atoms with Gasteiger partial charge in [-0.05, 0) is 26.7 Å². The van der Waals surface area contributed by atoms with Gasteiger partial charge in [0.15, 0.2) is 0 Å². The molecule has 1 amide bonds. The number of carbonyl (C=O) groups excluding carboxylic acids is 1. The van der Waals surface area contributed by atoms with Crippen LogP contribution in [0, 0.1) is 0 Å². The molecule has 17 heavy (non-hydrogen) atoms. The van der Waals surface area contributed by atoms with E-state index in [1.165, 1.54) is 0 Å². The fourth-order valence-corrected chi connectivity index (χ4v) is 2.18. The van der Waals surface area contributed by atoms with Crippen molar-refractivity contribution in [3.8, 4) is 0 Å². The SMILES string of the molecule is CCC1CN(C(=O)C(C)(C)OC)C(CC)CN1. The predicted octanol–water partition coefficient (Wildman–Crippen LogP) is 1.40. The first-order valence-electron chi connectivity index (χ1n) is 6.55. The standard InChI is InChI=1S/C13H26N2O2/c1-6-10-9-15(11(7-2)8-14-10)12(16)13(3,4)17-5/h10-11,14H,6-9H2,1-5H3. The molecule has 0 aromatic heterocycles. The third-order valence-corrected chi connectivity index (χ3v) is 3.75. The molecule has 0 saturated carbocycles. The van der Waals surface area contributed by atoms with Gasteiger partial charge in [0, 0.05) is 32.3 Å². The van der Waals surface area contributed by atoms with Crippen molar-refractivity contribution in [2.75, 3.05) is 20.2 Å². The van der Waals surface area contributed by atoms with Gasteiger partial charge in [-0.3, -0.25) is 4.79 Å². The van der Waals surface area contributed by atoms with Gasteiger partial charge in [-0.25, -0.2) is 0 Å². The lowest BCUT2D eigenvalue weighted by Crippen LogP contribution is -2.61. The summed E-state index contributed by atoms with van der Waals surface area (Å²) in [6.45, 7) is 9.63. The van der Waals surface area contributed by atoms with Crippen LogP contribution >= 0.6 is 0 Å². The van der Waals surface area contributed by atoms with E-state index >= 15 is 0 Å². The van der Waals surface area contributed by atoms with E-state index in [-0.39, 0.29) is 5.91 Å². The van der Waals surface area contributed by atoms with E-state index in [0.29, 0.717) is 12.1 Å². The highest BCUT2D eigenvalue weighted by molar-refractivity contribution is 5.84. The highest BCUT2D eigenvalue weighted by atomic mass is 16.5. The lowest BCUT2D eigenvalue weighted by Gasteiger charge is -2.42. The van der Waals surface area contributed by atoms with Gasteiger partial charge in [-0.15, -0.1) is 0 Å². The van der Waals surface area contributed by atoms with Crippen molar-refractivity contribution < 1.29 is 9.53 Å². The molecule has 0 spiro atoms. The number of nitrogens with zero attached hydrogens (tertiary/aromatic N) is 1. The predicted molar refractivity (Wildman–Crippen MR) is 69.0 cm³/mol. The summed E-state index contributed by atoms with van der Waals surface area (Å²) >= 11 is 0. The van der Waals surface area contributed by atoms with Crippen molar-refractivity contribution in [1.82, 2.24) is 10.2 Å². The Kier molecular flexibility index (Phi) is 4.95. The molecule has 0 aromatic carbocycles. The molecular formula is C13H26N2O2. The number of rotatable bonds is 4. The van der Waals surface area contributed by atoms with Crippen LogP contribution in [0.25, 0.3) is 0 Å². The summed E-state index contributed by atoms with van der Waals surface area (Å²) in [6, 6.07) is 0.703. The lowest BCUT2D eigenvalue weighted by molar-refractivity contribution is -0.155. The monoisotopic (exact) mass is 242 g/mol. The van der Waals surface area contributed by atoms with Crippen LogP contribution in [0.2, 0.25) is 0 Å². The maximum atomic E-state index is 12.5. The third kappa shape index (κ3) is 3.19. The van der Waals surface area contributed by atoms with Crippen LogP contribution in [0.4, 0.5) is 0 Å². The second-order valence-electron chi connectivity index (χ2n) is 5.25. The molecule has 4 nitrogen and oxygen atoms in total. The Balaban J connectivity index is 2.79. The molecule has 2 unspecified atom stereocenters. The van der Waals surface area contributed by atoms with Gasteiger partial charge in [0.2, 0.25) is 0 Å². The smallest absolute Gasteiger partial charge is 0.254 e. The number of carbonyl (C=O) groups is 1. The maximum Gasteiger partial charge on any atom is 0.254 e. The van der Waals surface area contributed by atoms with Crippen molar-refractivity contribution in [3.63, 3.8) is 0 Å². The fraction of sp³-hybridized carbons (Fsp3) is 0.923. The molecule has 1 heterocycles. The summed E-state index contributed by atoms with van der Waals surface area (Å²) in [6.07, 6.45) is 2.03. The number of hydrogen-bond donors (Lipinski definition) is 1. The molecule has 1 aliphatic heterocycles. The summed E-state index contributed by atoms with van der Waals surface area (Å²) in [4.78, 5) is 14.4. The Hall–Kier alpha value is -0.610. The van der Waals surface area contributed by atoms with Gasteiger partial charge in [0.25, 0.3) is 5.91 Å². The lowest BCUT2D eigenvalue weighted by atomic mass is 10.0. The quantitative estimate of drug-likeness (QED) is 0.810. The van der Waals surface area contributed by atoms with Crippen LogP contribution in [0.5, 0.6) is 0 Å². The summed E-state index contributed by atoms with van der Waals surface area (Å²) < 4.78 is 5.30. The molecule has 100 valence electrons. The van der Waals surface area contributed by atoms with Crippen LogP contribution in [0.15, 0.2) is 0 Å². The highest BCUT2D eigenvalue weighted by Gasteiger charge is 2.37. The summed E-state index contributed by atoms with van der Waals surface area (Å²) in [5, 5.41) is 3.49. The second kappa shape index (κ2) is 5.83. The molecule has 1 fully saturated rings. The zero-order chi connectivity index (χ0) is 13.1. The number of methoxy groups -OCH3 is 1. The van der Waals surface area contributed by atoms with Gasteiger partial charge in [-0.2, -0.15) is 0 Å². The molecule has 1 rings (SSSR count). The molecule has 4 heteroatoms. The minimum absolute atomic E-state index is 0.104. The fourth-order valence-electron chi connectivity index (χ4n) is 2.18. The Morgan fingerprint density at radius 1 is 1.41 bits per heavy atom. The molecule has 1 aliphatic rings. The van der Waals surface area contributed by atoms with E-state index in [1.807, 2.05) is 18.7 Å². The molecule has 1 N–H and O–H groups in total. The molecule has 0 radical (unpaired) electrons. The molecular weight excluding hydrogens is 216 g/mol. The maximum absolute atomic E-state index is 12.5. The third-order valence-electron chi connectivity index (χ3n) is 3.75. The van der Waals surface area contributed by atoms with Crippen LogP contribution < -0.4 is 5.32 Å². The Bertz CT molecular complexity index is 266. The van der Waals surface area contributed by atoms with Crippen LogP contribution in [0.1, 0.15) is 40.5 Å². The van der Waals surface area contributed by atoms with Crippen molar-refractivity contribution >= 4 is 5.91 Å². The van der Waals surface area contributed by atoms with Gasteiger partial charge >= 0.3 is 0 Å². The van der Waals surface area contributed by atoms with Gasteiger partial charge in [0.05, 0.1) is 0 Å². The average Bonchev–Trinajstić information content (AvgIpc) is 2.36. The largest absolute Gasteiger partial charge is 0.369 e. The van der Waals surface area contributed by atoms with Crippen molar-refractivity contribution in [2.24, 2.45) is 0 Å². The van der Waals surface area contributed by atoms with Gasteiger partial charge < -0.3 is 15.0 Å². The van der Waals surface area contributed by atoms with Gasteiger partial charge in [-0.1, -0.05) is 13.8 Å². The Labute approximate surface area is 105 Å². The Morgan fingerprint density at radius 3 is 2.53 bits per heavy atom. The molecule has 1 saturated heterocycles. The Morgan fingerprint density at radius 2 is 2.06 bits per heavy atom. The van der Waals surface area contributed by atoms with E-state index in [2.05, 4.69) is 19.2 Å². The number of piperazine rings is 1. The zero-order valence-electron chi connectivity index (χ0n) is 11.7. The minimum Gasteiger partial charge on any atom is -0.369 e. The van der Waals surface area contributed by atoms with E-state index < -0.39 is 5.60 Å². The van der Waals surface area contributed by atoms with E-state index in [1.54, 1.807) is 7.11 Å². The number of nitrogens with one attached hydrogen (secondary N) is 1. The molecule has 0 aromatic rings. The van der Waals surface area contributed by atoms with Crippen molar-refractivity contribution in [2.45, 2.75) is 58.2 Å². The first-order valence-corrected chi connectivity index (χ1v) is 6.55.